The third-order valence-corrected chi connectivity index (χ3v) is 5.28. The van der Waals surface area contributed by atoms with E-state index in [-0.39, 0.29) is 18.4 Å². The fourth-order valence-electron chi connectivity index (χ4n) is 4.10. The maximum atomic E-state index is 12.9. The summed E-state index contributed by atoms with van der Waals surface area (Å²) in [5.41, 5.74) is -0.534. The molecule has 7 heteroatoms. The van der Waals surface area contributed by atoms with Crippen molar-refractivity contribution in [2.45, 2.75) is 25.4 Å². The molecule has 0 aromatic heterocycles. The smallest absolute Gasteiger partial charge is 0.326 e. The van der Waals surface area contributed by atoms with E-state index in [1.165, 1.54) is 12.0 Å². The van der Waals surface area contributed by atoms with Crippen molar-refractivity contribution in [2.75, 3.05) is 20.8 Å². The number of carbonyl (C=O) groups excluding carboxylic acids is 3. The van der Waals surface area contributed by atoms with Crippen LogP contribution in [0.3, 0.4) is 0 Å². The van der Waals surface area contributed by atoms with Crippen molar-refractivity contribution >= 4 is 17.8 Å². The first-order chi connectivity index (χ1) is 11.9. The third-order valence-electron chi connectivity index (χ3n) is 5.28. The summed E-state index contributed by atoms with van der Waals surface area (Å²) in [5, 5.41) is 3.19. The van der Waals surface area contributed by atoms with E-state index in [0.717, 1.165) is 5.56 Å². The summed E-state index contributed by atoms with van der Waals surface area (Å²) in [4.78, 5) is 39.4. The van der Waals surface area contributed by atoms with Crippen LogP contribution in [0.2, 0.25) is 0 Å². The number of rotatable bonds is 4. The highest BCUT2D eigenvalue weighted by molar-refractivity contribution is 6.09. The number of amides is 2. The quantitative estimate of drug-likeness (QED) is 0.644. The predicted octanol–water partition coefficient (Wildman–Crippen LogP) is 0.892. The molecule has 2 aliphatic heterocycles. The standard InChI is InChI=1S/C18H22N2O5/c1-5-20-15(21)12-13(16(20)22)18(2,17(23)25-4)19-14(12)10-8-6-7-9-11(10)24-3/h6-9,12-14,19H,5H2,1-4H3/t12-,13-,14-,18-/m0/s1. The molecule has 2 fully saturated rings. The SMILES string of the molecule is CCN1C(=O)[C@H]2[C@@H](C1=O)[C@@](C)(C(=O)OC)N[C@H]2c1ccccc1OC. The second-order valence-electron chi connectivity index (χ2n) is 6.48. The molecule has 1 aromatic carbocycles. The van der Waals surface area contributed by atoms with E-state index < -0.39 is 29.4 Å². The summed E-state index contributed by atoms with van der Waals surface area (Å²) in [6.07, 6.45) is 0. The first-order valence-corrected chi connectivity index (χ1v) is 8.25. The van der Waals surface area contributed by atoms with Gasteiger partial charge < -0.3 is 9.47 Å². The molecular weight excluding hydrogens is 324 g/mol. The number of nitrogens with zero attached hydrogens (tertiary/aromatic N) is 1. The lowest BCUT2D eigenvalue weighted by molar-refractivity contribution is -0.153. The maximum absolute atomic E-state index is 12.9. The zero-order chi connectivity index (χ0) is 18.4. The molecule has 0 spiro atoms. The van der Waals surface area contributed by atoms with Crippen molar-refractivity contribution in [1.29, 1.82) is 0 Å². The number of carbonyl (C=O) groups is 3. The molecule has 0 saturated carbocycles. The molecular formula is C18H22N2O5. The van der Waals surface area contributed by atoms with Crippen LogP contribution in [0, 0.1) is 11.8 Å². The average Bonchev–Trinajstić information content (AvgIpc) is 3.08. The number of fused-ring (bicyclic) bond motifs is 1. The van der Waals surface area contributed by atoms with Gasteiger partial charge in [0.2, 0.25) is 11.8 Å². The average molecular weight is 346 g/mol. The zero-order valence-electron chi connectivity index (χ0n) is 14.7. The van der Waals surface area contributed by atoms with Crippen molar-refractivity contribution < 1.29 is 23.9 Å². The number of imide groups is 1. The van der Waals surface area contributed by atoms with Crippen molar-refractivity contribution in [2.24, 2.45) is 11.8 Å². The van der Waals surface area contributed by atoms with Crippen molar-refractivity contribution in [1.82, 2.24) is 10.2 Å². The molecule has 1 N–H and O–H groups in total. The monoisotopic (exact) mass is 346 g/mol. The first-order valence-electron chi connectivity index (χ1n) is 8.25. The lowest BCUT2D eigenvalue weighted by Gasteiger charge is -2.28. The molecule has 0 radical (unpaired) electrons. The molecule has 0 aliphatic carbocycles. The predicted molar refractivity (Wildman–Crippen MR) is 88.7 cm³/mol. The molecule has 2 amide bonds. The molecule has 7 nitrogen and oxygen atoms in total. The number of esters is 1. The summed E-state index contributed by atoms with van der Waals surface area (Å²) in [6, 6.07) is 6.77. The molecule has 25 heavy (non-hydrogen) atoms. The Morgan fingerprint density at radius 2 is 1.92 bits per heavy atom. The zero-order valence-corrected chi connectivity index (χ0v) is 14.7. The molecule has 3 rings (SSSR count). The van der Waals surface area contributed by atoms with Gasteiger partial charge in [-0.1, -0.05) is 18.2 Å². The Kier molecular flexibility index (Phi) is 4.28. The minimum atomic E-state index is -1.28. The van der Waals surface area contributed by atoms with E-state index in [1.54, 1.807) is 27.0 Å². The van der Waals surface area contributed by atoms with Crippen LogP contribution >= 0.6 is 0 Å². The highest BCUT2D eigenvalue weighted by Gasteiger charge is 2.66. The van der Waals surface area contributed by atoms with Gasteiger partial charge in [-0.15, -0.1) is 0 Å². The van der Waals surface area contributed by atoms with Crippen LogP contribution in [0.5, 0.6) is 5.75 Å². The van der Waals surface area contributed by atoms with Crippen molar-refractivity contribution in [3.8, 4) is 5.75 Å². The van der Waals surface area contributed by atoms with E-state index in [0.29, 0.717) is 5.75 Å². The Bertz CT molecular complexity index is 734. The van der Waals surface area contributed by atoms with Gasteiger partial charge >= 0.3 is 5.97 Å². The van der Waals surface area contributed by atoms with Gasteiger partial charge in [0.15, 0.2) is 0 Å². The highest BCUT2D eigenvalue weighted by atomic mass is 16.5. The van der Waals surface area contributed by atoms with Gasteiger partial charge in [-0.05, 0) is 19.9 Å². The van der Waals surface area contributed by atoms with E-state index in [1.807, 2.05) is 18.2 Å². The third kappa shape index (κ3) is 2.33. The summed E-state index contributed by atoms with van der Waals surface area (Å²) in [7, 11) is 2.82. The topological polar surface area (TPSA) is 84.9 Å². The number of likely N-dealkylation sites (tertiary alicyclic amines) is 1. The summed E-state index contributed by atoms with van der Waals surface area (Å²) in [5.74, 6) is -2.04. The van der Waals surface area contributed by atoms with E-state index in [2.05, 4.69) is 5.32 Å². The maximum Gasteiger partial charge on any atom is 0.326 e. The number of hydrogen-bond donors (Lipinski definition) is 1. The van der Waals surface area contributed by atoms with Crippen molar-refractivity contribution in [3.05, 3.63) is 29.8 Å². The lowest BCUT2D eigenvalue weighted by Crippen LogP contribution is -2.53. The minimum Gasteiger partial charge on any atom is -0.496 e. The Morgan fingerprint density at radius 3 is 2.52 bits per heavy atom. The lowest BCUT2D eigenvalue weighted by atomic mass is 9.80. The van der Waals surface area contributed by atoms with Crippen LogP contribution in [0.15, 0.2) is 24.3 Å². The van der Waals surface area contributed by atoms with Crippen LogP contribution in [0.25, 0.3) is 0 Å². The van der Waals surface area contributed by atoms with Gasteiger partial charge in [-0.25, -0.2) is 0 Å². The van der Waals surface area contributed by atoms with Gasteiger partial charge in [0.25, 0.3) is 0 Å². The fraction of sp³-hybridized carbons (Fsp3) is 0.500. The second-order valence-corrected chi connectivity index (χ2v) is 6.48. The molecule has 2 saturated heterocycles. The first kappa shape index (κ1) is 17.4. The second kappa shape index (κ2) is 6.15. The van der Waals surface area contributed by atoms with Crippen LogP contribution in [0.4, 0.5) is 0 Å². The molecule has 2 aliphatic rings. The Morgan fingerprint density at radius 1 is 1.24 bits per heavy atom. The van der Waals surface area contributed by atoms with E-state index in [9.17, 15) is 14.4 Å². The normalized spacial score (nSPS) is 31.2. The van der Waals surface area contributed by atoms with E-state index in [4.69, 9.17) is 9.47 Å². The van der Waals surface area contributed by atoms with Gasteiger partial charge in [0.05, 0.1) is 26.1 Å². The fourth-order valence-corrected chi connectivity index (χ4v) is 4.10. The number of hydrogen-bond acceptors (Lipinski definition) is 6. The summed E-state index contributed by atoms with van der Waals surface area (Å²) < 4.78 is 10.3. The number of benzene rings is 1. The largest absolute Gasteiger partial charge is 0.496 e. The number of ether oxygens (including phenoxy) is 2. The Balaban J connectivity index is 2.14. The molecule has 0 unspecified atom stereocenters. The van der Waals surface area contributed by atoms with E-state index >= 15 is 0 Å². The van der Waals surface area contributed by atoms with Gasteiger partial charge in [-0.3, -0.25) is 24.6 Å². The van der Waals surface area contributed by atoms with Gasteiger partial charge in [0, 0.05) is 18.2 Å². The Labute approximate surface area is 146 Å². The molecule has 134 valence electrons. The Hall–Kier alpha value is -2.41. The van der Waals surface area contributed by atoms with Crippen LogP contribution in [-0.4, -0.2) is 49.0 Å². The highest BCUT2D eigenvalue weighted by Crippen LogP contribution is 2.50. The van der Waals surface area contributed by atoms with Crippen LogP contribution < -0.4 is 10.1 Å². The van der Waals surface area contributed by atoms with Gasteiger partial charge in [0.1, 0.15) is 11.3 Å². The number of nitrogens with one attached hydrogen (secondary N) is 1. The molecule has 1 aromatic rings. The summed E-state index contributed by atoms with van der Waals surface area (Å²) in [6.45, 7) is 3.65. The number of para-hydroxylation sites is 1. The summed E-state index contributed by atoms with van der Waals surface area (Å²) >= 11 is 0. The molecule has 4 atom stereocenters. The number of methoxy groups -OCH3 is 2. The molecule has 0 bridgehead atoms. The van der Waals surface area contributed by atoms with Crippen LogP contribution in [0.1, 0.15) is 25.5 Å². The molecule has 2 heterocycles. The van der Waals surface area contributed by atoms with Gasteiger partial charge in [-0.2, -0.15) is 0 Å². The van der Waals surface area contributed by atoms with Crippen LogP contribution in [-0.2, 0) is 19.1 Å². The minimum absolute atomic E-state index is 0.270. The van der Waals surface area contributed by atoms with Crippen molar-refractivity contribution in [3.63, 3.8) is 0 Å².